The Bertz CT molecular complexity index is 3220. The maximum Gasteiger partial charge on any atom is 0.435 e. The number of nitrogens with one attached hydrogen (secondary N) is 2. The molecule has 0 radical (unpaired) electrons. The summed E-state index contributed by atoms with van der Waals surface area (Å²) in [5, 5.41) is 10.4. The van der Waals surface area contributed by atoms with Gasteiger partial charge < -0.3 is 45.4 Å². The fourth-order valence-electron chi connectivity index (χ4n) is 10.8. The van der Waals surface area contributed by atoms with Crippen molar-refractivity contribution in [2.45, 2.75) is 65.5 Å². The number of rotatable bonds is 13. The molecule has 2 fully saturated rings. The Morgan fingerprint density at radius 1 is 0.816 bits per heavy atom. The second-order valence-corrected chi connectivity index (χ2v) is 20.7. The monoisotopic (exact) mass is 1040 g/mol. The molecule has 4 aromatic carbocycles. The number of Topliss-reactive ketones (excluding diaryl/α,β-unsaturated/α-hetero) is 1. The molecule has 396 valence electrons. The summed E-state index contributed by atoms with van der Waals surface area (Å²) in [6.07, 6.45) is 0.0612. The molecule has 0 unspecified atom stereocenters. The second kappa shape index (κ2) is 20.5. The minimum Gasteiger partial charge on any atom is -0.493 e. The number of alkyl halides is 3. The van der Waals surface area contributed by atoms with Gasteiger partial charge in [0.2, 0.25) is 11.9 Å². The van der Waals surface area contributed by atoms with Gasteiger partial charge in [-0.25, -0.2) is 9.67 Å². The Morgan fingerprint density at radius 3 is 2.25 bits per heavy atom. The summed E-state index contributed by atoms with van der Waals surface area (Å²) >= 11 is 0. The lowest BCUT2D eigenvalue weighted by molar-refractivity contribution is -0.141. The number of likely N-dealkylation sites (tertiary alicyclic amines) is 1. The van der Waals surface area contributed by atoms with Gasteiger partial charge in [0.1, 0.15) is 17.2 Å². The summed E-state index contributed by atoms with van der Waals surface area (Å²) in [5.41, 5.74) is 8.45. The number of hydrogen-bond acceptors (Lipinski definition) is 13. The molecule has 4 N–H and O–H groups in total. The highest BCUT2D eigenvalue weighted by atomic mass is 19.4. The number of amides is 3. The Hall–Kier alpha value is -8.16. The molecule has 17 nitrogen and oxygen atoms in total. The van der Waals surface area contributed by atoms with Gasteiger partial charge in [-0.2, -0.15) is 23.3 Å². The molecule has 3 amide bonds. The van der Waals surface area contributed by atoms with Crippen molar-refractivity contribution < 1.29 is 41.8 Å². The molecule has 5 heterocycles. The number of piperidine rings is 2. The van der Waals surface area contributed by atoms with Crippen LogP contribution in [-0.4, -0.2) is 102 Å². The molecular weight excluding hydrogens is 980 g/mol. The van der Waals surface area contributed by atoms with Crippen molar-refractivity contribution in [2.24, 2.45) is 23.0 Å². The van der Waals surface area contributed by atoms with E-state index in [1.165, 1.54) is 18.2 Å². The average molecular weight is 1040 g/mol. The van der Waals surface area contributed by atoms with Crippen molar-refractivity contribution in [1.82, 2.24) is 24.6 Å². The molecule has 2 aromatic heterocycles. The number of ketones is 1. The number of benzene rings is 4. The summed E-state index contributed by atoms with van der Waals surface area (Å²) in [5.74, 6) is 1.11. The standard InChI is InChI=1S/C56H60F3N11O6/c1-6-75-47-28-36(14-18-41(47)63-54-61-31-45-51(64-54)66(4)43-10-8-7-9-40(43)53(74)67(45)5)68-25-21-34(22-26-68)52(73)69-23-19-33(20-24-69)32-76-38-15-11-35(12-16-38)62-42-27-37(13-17-39(42)50(60)72)70-44-29-55(2,3)30-46(71)48(44)49(65-70)56(57,58)59/h7-18,27-28,31,33-34,62H,6,19-26,29-30,32H2,1-5H3,(H2,60,72)(H,61,63,64). The summed E-state index contributed by atoms with van der Waals surface area (Å²) in [6, 6.07) is 24.9. The third-order valence-corrected chi connectivity index (χ3v) is 14.8. The highest BCUT2D eigenvalue weighted by Crippen LogP contribution is 2.43. The summed E-state index contributed by atoms with van der Waals surface area (Å²) in [7, 11) is 3.60. The predicted molar refractivity (Wildman–Crippen MR) is 283 cm³/mol. The number of primary amides is 1. The van der Waals surface area contributed by atoms with E-state index in [4.69, 9.17) is 20.2 Å². The third-order valence-electron chi connectivity index (χ3n) is 14.8. The average Bonchev–Trinajstić information content (AvgIpc) is 3.80. The van der Waals surface area contributed by atoms with E-state index in [0.29, 0.717) is 72.2 Å². The fraction of sp³-hybridized carbons (Fsp3) is 0.375. The third kappa shape index (κ3) is 10.3. The molecule has 0 spiro atoms. The van der Waals surface area contributed by atoms with Crippen molar-refractivity contribution in [3.05, 3.63) is 119 Å². The van der Waals surface area contributed by atoms with Gasteiger partial charge in [-0.15, -0.1) is 0 Å². The first kappa shape index (κ1) is 51.3. The number of halogens is 3. The fourth-order valence-corrected chi connectivity index (χ4v) is 10.8. The highest BCUT2D eigenvalue weighted by molar-refractivity contribution is 6.13. The lowest BCUT2D eigenvalue weighted by atomic mass is 9.75. The lowest BCUT2D eigenvalue weighted by Gasteiger charge is -2.38. The van der Waals surface area contributed by atoms with E-state index in [0.717, 1.165) is 54.8 Å². The minimum atomic E-state index is -4.84. The van der Waals surface area contributed by atoms with E-state index in [-0.39, 0.29) is 59.1 Å². The van der Waals surface area contributed by atoms with Gasteiger partial charge in [-0.1, -0.05) is 26.0 Å². The molecule has 0 bridgehead atoms. The maximum absolute atomic E-state index is 14.2. The molecule has 20 heteroatoms. The van der Waals surface area contributed by atoms with Gasteiger partial charge >= 0.3 is 6.18 Å². The van der Waals surface area contributed by atoms with Crippen LogP contribution in [-0.2, 0) is 17.4 Å². The topological polar surface area (TPSA) is 193 Å². The number of nitrogens with two attached hydrogens (primary N) is 1. The Balaban J connectivity index is 0.712. The number of fused-ring (bicyclic) bond motifs is 3. The Morgan fingerprint density at radius 2 is 1.54 bits per heavy atom. The number of carbonyl (C=O) groups excluding carboxylic acids is 4. The van der Waals surface area contributed by atoms with Crippen LogP contribution in [0.25, 0.3) is 5.69 Å². The number of ether oxygens (including phenoxy) is 2. The first-order chi connectivity index (χ1) is 36.3. The Labute approximate surface area is 438 Å². The Kier molecular flexibility index (Phi) is 13.9. The molecular formula is C56H60F3N11O6. The van der Waals surface area contributed by atoms with Crippen molar-refractivity contribution >= 4 is 69.4 Å². The summed E-state index contributed by atoms with van der Waals surface area (Å²) < 4.78 is 55.9. The minimum absolute atomic E-state index is 0.0314. The van der Waals surface area contributed by atoms with Gasteiger partial charge in [0.15, 0.2) is 17.3 Å². The normalized spacial score (nSPS) is 16.9. The lowest BCUT2D eigenvalue weighted by Crippen LogP contribution is -2.46. The zero-order valence-electron chi connectivity index (χ0n) is 43.0. The quantitative estimate of drug-likeness (QED) is 0.0991. The van der Waals surface area contributed by atoms with Crippen molar-refractivity contribution in [2.75, 3.05) is 78.8 Å². The van der Waals surface area contributed by atoms with Crippen LogP contribution in [0.3, 0.4) is 0 Å². The number of anilines is 8. The van der Waals surface area contributed by atoms with Crippen LogP contribution in [0.1, 0.15) is 95.3 Å². The zero-order chi connectivity index (χ0) is 53.6. The highest BCUT2D eigenvalue weighted by Gasteiger charge is 2.45. The van der Waals surface area contributed by atoms with Gasteiger partial charge in [-0.05, 0) is 117 Å². The van der Waals surface area contributed by atoms with Crippen LogP contribution < -0.4 is 40.5 Å². The molecule has 10 rings (SSSR count). The van der Waals surface area contributed by atoms with Crippen LogP contribution in [0, 0.1) is 17.3 Å². The number of nitrogens with zero attached hydrogens (tertiary/aromatic N) is 8. The van der Waals surface area contributed by atoms with Gasteiger partial charge in [0.25, 0.3) is 11.8 Å². The number of para-hydroxylation sites is 1. The van der Waals surface area contributed by atoms with E-state index in [1.807, 2.05) is 74.0 Å². The van der Waals surface area contributed by atoms with E-state index in [1.54, 1.807) is 48.5 Å². The zero-order valence-corrected chi connectivity index (χ0v) is 43.0. The van der Waals surface area contributed by atoms with Gasteiger partial charge in [0, 0.05) is 70.1 Å². The molecule has 6 aromatic rings. The predicted octanol–water partition coefficient (Wildman–Crippen LogP) is 9.71. The van der Waals surface area contributed by atoms with Crippen LogP contribution >= 0.6 is 0 Å². The second-order valence-electron chi connectivity index (χ2n) is 20.7. The maximum atomic E-state index is 14.2. The van der Waals surface area contributed by atoms with Crippen molar-refractivity contribution in [3.63, 3.8) is 0 Å². The van der Waals surface area contributed by atoms with E-state index in [2.05, 4.69) is 25.6 Å². The van der Waals surface area contributed by atoms with Crippen LogP contribution in [0.5, 0.6) is 11.5 Å². The molecule has 2 saturated heterocycles. The van der Waals surface area contributed by atoms with Crippen molar-refractivity contribution in [3.8, 4) is 17.2 Å². The van der Waals surface area contributed by atoms with Crippen LogP contribution in [0.4, 0.5) is 59.1 Å². The molecule has 3 aliphatic heterocycles. The number of aromatic nitrogens is 4. The number of hydrogen-bond donors (Lipinski definition) is 3. The molecule has 0 atom stereocenters. The smallest absolute Gasteiger partial charge is 0.435 e. The number of carbonyl (C=O) groups is 4. The summed E-state index contributed by atoms with van der Waals surface area (Å²) in [4.78, 5) is 69.8. The first-order valence-corrected chi connectivity index (χ1v) is 25.6. The molecule has 1 aliphatic carbocycles. The molecule has 4 aliphatic rings. The first-order valence-electron chi connectivity index (χ1n) is 25.6. The summed E-state index contributed by atoms with van der Waals surface area (Å²) in [6.45, 7) is 9.26. The SMILES string of the molecule is CCOc1cc(N2CCC(C(=O)N3CCC(COc4ccc(Nc5cc(-n6nc(C(F)(F)F)c7c6CC(C)(C)CC7=O)ccc5C(N)=O)cc4)CC3)CC2)ccc1Nc1ncc2c(n1)N(C)c1ccccc1C(=O)N2C. The molecule has 76 heavy (non-hydrogen) atoms. The van der Waals surface area contributed by atoms with Crippen LogP contribution in [0.15, 0.2) is 91.1 Å². The van der Waals surface area contributed by atoms with E-state index in [9.17, 15) is 32.3 Å². The largest absolute Gasteiger partial charge is 0.493 e. The molecule has 0 saturated carbocycles. The van der Waals surface area contributed by atoms with E-state index >= 15 is 0 Å². The van der Waals surface area contributed by atoms with Gasteiger partial charge in [-0.3, -0.25) is 19.2 Å². The van der Waals surface area contributed by atoms with Crippen LogP contribution in [0.2, 0.25) is 0 Å². The van der Waals surface area contributed by atoms with E-state index < -0.39 is 34.5 Å². The van der Waals surface area contributed by atoms with Crippen molar-refractivity contribution in [1.29, 1.82) is 0 Å². The van der Waals surface area contributed by atoms with Gasteiger partial charge in [0.05, 0.1) is 64.5 Å².